The first-order valence-corrected chi connectivity index (χ1v) is 11.6. The first-order chi connectivity index (χ1) is 16.8. The zero-order chi connectivity index (χ0) is 25.1. The molecule has 1 saturated carbocycles. The van der Waals surface area contributed by atoms with Crippen LogP contribution in [0.3, 0.4) is 0 Å². The van der Waals surface area contributed by atoms with Crippen LogP contribution in [-0.2, 0) is 22.7 Å². The van der Waals surface area contributed by atoms with Gasteiger partial charge in [-0.15, -0.1) is 0 Å². The molecule has 9 heteroatoms. The second-order valence-corrected chi connectivity index (χ2v) is 9.07. The van der Waals surface area contributed by atoms with Gasteiger partial charge in [0.2, 0.25) is 12.1 Å². The van der Waals surface area contributed by atoms with E-state index in [0.29, 0.717) is 5.71 Å². The van der Waals surface area contributed by atoms with E-state index in [1.807, 2.05) is 24.3 Å². The molecule has 35 heavy (non-hydrogen) atoms. The van der Waals surface area contributed by atoms with Crippen LogP contribution in [0.2, 0.25) is 5.02 Å². The maximum Gasteiger partial charge on any atom is 0.224 e. The van der Waals surface area contributed by atoms with Gasteiger partial charge in [0, 0.05) is 40.7 Å². The number of alkyl halides is 1. The first-order valence-electron chi connectivity index (χ1n) is 11.2. The molecular weight excluding hydrogens is 474 g/mol. The normalized spacial score (nSPS) is 20.1. The Bertz CT molecular complexity index is 1360. The number of carbonyl (C=O) groups is 2. The van der Waals surface area contributed by atoms with Crippen molar-refractivity contribution in [3.63, 3.8) is 0 Å². The molecule has 0 radical (unpaired) electrons. The summed E-state index contributed by atoms with van der Waals surface area (Å²) in [7, 11) is 0. The number of ketones is 1. The van der Waals surface area contributed by atoms with Crippen LogP contribution in [0.4, 0.5) is 8.78 Å². The van der Waals surface area contributed by atoms with Crippen LogP contribution >= 0.6 is 11.6 Å². The zero-order valence-corrected chi connectivity index (χ0v) is 19.7. The zero-order valence-electron chi connectivity index (χ0n) is 19.0. The van der Waals surface area contributed by atoms with E-state index in [2.05, 4.69) is 10.3 Å². The Morgan fingerprint density at radius 2 is 1.94 bits per heavy atom. The van der Waals surface area contributed by atoms with Gasteiger partial charge in [-0.3, -0.25) is 9.59 Å². The number of halogens is 3. The molecule has 3 atom stereocenters. The van der Waals surface area contributed by atoms with Gasteiger partial charge in [0.25, 0.3) is 0 Å². The fraction of sp³-hybridized carbons (Fsp3) is 0.308. The van der Waals surface area contributed by atoms with Gasteiger partial charge in [0.1, 0.15) is 12.0 Å². The molecule has 0 aliphatic heterocycles. The molecule has 1 amide bonds. The highest BCUT2D eigenvalue weighted by atomic mass is 35.5. The van der Waals surface area contributed by atoms with E-state index in [1.165, 1.54) is 12.1 Å². The molecule has 1 aliphatic rings. The maximum atomic E-state index is 14.3. The standard InChI is InChI=1S/C26H23ClF2N4O2/c1-15(32-14-30)21-12-33(23-8-3-2-6-18(21)23)13-24(34)19-9-17(28)10-20(19)26(35)31-11-16-5-4-7-22(27)25(16)29/h2-8,12,17,19-20H,9-11,13H2,1H3,(H,31,35)/b32-15+/t17-,19?,20+/m0/s1. The van der Waals surface area contributed by atoms with Gasteiger partial charge < -0.3 is 9.88 Å². The highest BCUT2D eigenvalue weighted by Crippen LogP contribution is 2.36. The van der Waals surface area contributed by atoms with Gasteiger partial charge >= 0.3 is 0 Å². The van der Waals surface area contributed by atoms with E-state index in [-0.39, 0.29) is 42.3 Å². The van der Waals surface area contributed by atoms with Crippen molar-refractivity contribution < 1.29 is 18.4 Å². The first kappa shape index (κ1) is 24.6. The summed E-state index contributed by atoms with van der Waals surface area (Å²) in [6.45, 7) is 1.55. The van der Waals surface area contributed by atoms with Gasteiger partial charge in [0.05, 0.1) is 23.2 Å². The van der Waals surface area contributed by atoms with Crippen molar-refractivity contribution in [2.75, 3.05) is 0 Å². The van der Waals surface area contributed by atoms with E-state index in [0.717, 1.165) is 16.5 Å². The Hall–Kier alpha value is -3.57. The fourth-order valence-corrected chi connectivity index (χ4v) is 4.90. The number of nitriles is 1. The van der Waals surface area contributed by atoms with Crippen molar-refractivity contribution in [2.45, 2.75) is 39.0 Å². The number of benzene rings is 2. The summed E-state index contributed by atoms with van der Waals surface area (Å²) in [5, 5.41) is 12.3. The number of aromatic nitrogens is 1. The lowest BCUT2D eigenvalue weighted by atomic mass is 9.91. The van der Waals surface area contributed by atoms with E-state index >= 15 is 0 Å². The van der Waals surface area contributed by atoms with Crippen molar-refractivity contribution >= 4 is 39.9 Å². The number of amides is 1. The number of hydrogen-bond acceptors (Lipinski definition) is 4. The minimum absolute atomic E-state index is 0.0383. The number of nitrogens with one attached hydrogen (secondary N) is 1. The van der Waals surface area contributed by atoms with Gasteiger partial charge in [-0.2, -0.15) is 10.3 Å². The summed E-state index contributed by atoms with van der Waals surface area (Å²) < 4.78 is 30.2. The van der Waals surface area contributed by atoms with Crippen LogP contribution < -0.4 is 5.32 Å². The Balaban J connectivity index is 1.52. The van der Waals surface area contributed by atoms with E-state index in [9.17, 15) is 18.4 Å². The Morgan fingerprint density at radius 1 is 1.20 bits per heavy atom. The molecule has 1 heterocycles. The van der Waals surface area contributed by atoms with E-state index < -0.39 is 29.7 Å². The second-order valence-electron chi connectivity index (χ2n) is 8.66. The molecule has 180 valence electrons. The molecule has 1 aliphatic carbocycles. The third-order valence-corrected chi connectivity index (χ3v) is 6.75. The average molecular weight is 497 g/mol. The van der Waals surface area contributed by atoms with Crippen LogP contribution in [0.25, 0.3) is 10.9 Å². The Labute approximate surface area is 206 Å². The number of rotatable bonds is 7. The number of fused-ring (bicyclic) bond motifs is 1. The number of Topliss-reactive ketones (excluding diaryl/α,β-unsaturated/α-hetero) is 1. The number of aliphatic imine (C=N–C) groups is 1. The number of hydrogen-bond donors (Lipinski definition) is 1. The average Bonchev–Trinajstić information content (AvgIpc) is 3.41. The topological polar surface area (TPSA) is 87.2 Å². The SMILES string of the molecule is C/C(=N\C#N)c1cn(CC(=O)C2C[C@H](F)C[C@H]2C(=O)NCc2cccc(Cl)c2F)c2ccccc12. The molecule has 1 fully saturated rings. The summed E-state index contributed by atoms with van der Waals surface area (Å²) in [4.78, 5) is 29.9. The molecule has 1 aromatic heterocycles. The third kappa shape index (κ3) is 5.10. The number of nitrogens with zero attached hydrogens (tertiary/aromatic N) is 3. The summed E-state index contributed by atoms with van der Waals surface area (Å²) in [6.07, 6.45) is 2.15. The molecule has 0 saturated heterocycles. The molecule has 4 rings (SSSR count). The molecule has 0 spiro atoms. The minimum atomic E-state index is -1.27. The third-order valence-electron chi connectivity index (χ3n) is 6.46. The molecular formula is C26H23ClF2N4O2. The summed E-state index contributed by atoms with van der Waals surface area (Å²) in [5.41, 5.74) is 2.23. The summed E-state index contributed by atoms with van der Waals surface area (Å²) in [5.74, 6) is -3.02. The van der Waals surface area contributed by atoms with Gasteiger partial charge in [-0.1, -0.05) is 41.9 Å². The molecule has 6 nitrogen and oxygen atoms in total. The van der Waals surface area contributed by atoms with Crippen LogP contribution in [0.15, 0.2) is 53.7 Å². The van der Waals surface area contributed by atoms with Gasteiger partial charge in [-0.25, -0.2) is 8.78 Å². The Morgan fingerprint density at radius 3 is 2.71 bits per heavy atom. The lowest BCUT2D eigenvalue weighted by Crippen LogP contribution is -2.36. The van der Waals surface area contributed by atoms with E-state index in [1.54, 1.807) is 29.9 Å². The monoisotopic (exact) mass is 496 g/mol. The largest absolute Gasteiger partial charge is 0.352 e. The quantitative estimate of drug-likeness (QED) is 0.370. The molecule has 1 N–H and O–H groups in total. The maximum absolute atomic E-state index is 14.3. The lowest BCUT2D eigenvalue weighted by molar-refractivity contribution is -0.132. The molecule has 3 aromatic rings. The predicted molar refractivity (Wildman–Crippen MR) is 129 cm³/mol. The molecule has 0 bridgehead atoms. The van der Waals surface area contributed by atoms with Gasteiger partial charge in [-0.05, 0) is 31.9 Å². The number of carbonyl (C=O) groups excluding carboxylic acids is 2. The van der Waals surface area contributed by atoms with Crippen molar-refractivity contribution in [3.8, 4) is 6.19 Å². The van der Waals surface area contributed by atoms with Crippen molar-refractivity contribution in [3.05, 3.63) is 70.6 Å². The summed E-state index contributed by atoms with van der Waals surface area (Å²) in [6, 6.07) is 11.9. The van der Waals surface area contributed by atoms with Crippen LogP contribution in [0.5, 0.6) is 0 Å². The van der Waals surface area contributed by atoms with Crippen molar-refractivity contribution in [2.24, 2.45) is 16.8 Å². The van der Waals surface area contributed by atoms with Gasteiger partial charge in [0.15, 0.2) is 5.78 Å². The fourth-order valence-electron chi connectivity index (χ4n) is 4.71. The number of para-hydroxylation sites is 1. The molecule has 1 unspecified atom stereocenters. The molecule has 2 aromatic carbocycles. The van der Waals surface area contributed by atoms with Crippen LogP contribution in [0.1, 0.15) is 30.9 Å². The van der Waals surface area contributed by atoms with E-state index in [4.69, 9.17) is 16.9 Å². The van der Waals surface area contributed by atoms with Crippen LogP contribution in [0, 0.1) is 29.1 Å². The van der Waals surface area contributed by atoms with Crippen LogP contribution in [-0.4, -0.2) is 28.1 Å². The predicted octanol–water partition coefficient (Wildman–Crippen LogP) is 4.97. The minimum Gasteiger partial charge on any atom is -0.352 e. The summed E-state index contributed by atoms with van der Waals surface area (Å²) >= 11 is 5.79. The highest BCUT2D eigenvalue weighted by molar-refractivity contribution is 6.30. The Kier molecular flexibility index (Phi) is 7.27. The lowest BCUT2D eigenvalue weighted by Gasteiger charge is -2.18. The second kappa shape index (κ2) is 10.4. The van der Waals surface area contributed by atoms with Crippen molar-refractivity contribution in [1.29, 1.82) is 5.26 Å². The highest BCUT2D eigenvalue weighted by Gasteiger charge is 2.42. The smallest absolute Gasteiger partial charge is 0.224 e. The van der Waals surface area contributed by atoms with Crippen molar-refractivity contribution in [1.82, 2.24) is 9.88 Å².